The second kappa shape index (κ2) is 21.3. The van der Waals surface area contributed by atoms with Gasteiger partial charge in [-0.05, 0) is 24.0 Å². The molecule has 0 aliphatic carbocycles. The van der Waals surface area contributed by atoms with Crippen molar-refractivity contribution in [2.45, 2.75) is 39.5 Å². The summed E-state index contributed by atoms with van der Waals surface area (Å²) in [7, 11) is 0. The van der Waals surface area contributed by atoms with Crippen molar-refractivity contribution >= 4 is 0 Å². The zero-order valence-corrected chi connectivity index (χ0v) is 17.6. The molecule has 4 heteroatoms. The fourth-order valence-corrected chi connectivity index (χ4v) is 1.87. The zero-order chi connectivity index (χ0) is 13.1. The van der Waals surface area contributed by atoms with Crippen LogP contribution < -0.4 is 24.8 Å². The number of hydrogen-bond acceptors (Lipinski definition) is 0. The second-order valence-corrected chi connectivity index (χ2v) is 4.47. The van der Waals surface area contributed by atoms with Crippen molar-refractivity contribution < 1.29 is 65.7 Å². The van der Waals surface area contributed by atoms with Gasteiger partial charge < -0.3 is 24.8 Å². The summed E-state index contributed by atoms with van der Waals surface area (Å²) in [5, 5.41) is 0. The van der Waals surface area contributed by atoms with Gasteiger partial charge in [-0.25, -0.2) is 0 Å². The molecule has 2 rings (SSSR count). The molecule has 22 heavy (non-hydrogen) atoms. The van der Waals surface area contributed by atoms with Crippen LogP contribution in [0.25, 0.3) is 0 Å². The molecule has 0 aromatic heterocycles. The molecule has 2 aromatic rings. The first kappa shape index (κ1) is 30.3. The SMILES string of the molecule is CCCc1ccccc1.CCCc1ccccc1.[Cl-].[Cl-].[Pd].[Pd]. The summed E-state index contributed by atoms with van der Waals surface area (Å²) in [6.07, 6.45) is 4.90. The Kier molecular flexibility index (Phi) is 29.3. The molecule has 0 spiro atoms. The summed E-state index contributed by atoms with van der Waals surface area (Å²) in [4.78, 5) is 0. The van der Waals surface area contributed by atoms with E-state index < -0.39 is 0 Å². The van der Waals surface area contributed by atoms with Gasteiger partial charge in [0.15, 0.2) is 0 Å². The topological polar surface area (TPSA) is 0 Å². The number of aryl methyl sites for hydroxylation is 2. The third kappa shape index (κ3) is 15.2. The Balaban J connectivity index is -0.000000125. The van der Waals surface area contributed by atoms with Crippen molar-refractivity contribution in [3.8, 4) is 0 Å². The predicted octanol–water partition coefficient (Wildman–Crippen LogP) is -0.719. The van der Waals surface area contributed by atoms with Crippen LogP contribution in [0.1, 0.15) is 37.8 Å². The molecule has 132 valence electrons. The predicted molar refractivity (Wildman–Crippen MR) is 80.9 cm³/mol. The van der Waals surface area contributed by atoms with E-state index in [1.165, 1.54) is 36.8 Å². The van der Waals surface area contributed by atoms with Gasteiger partial charge in [0.2, 0.25) is 0 Å². The normalized spacial score (nSPS) is 7.73. The molecule has 0 fully saturated rings. The molecule has 0 nitrogen and oxygen atoms in total. The molecule has 0 bridgehead atoms. The van der Waals surface area contributed by atoms with Crippen molar-refractivity contribution in [2.24, 2.45) is 0 Å². The number of benzene rings is 2. The first-order valence-corrected chi connectivity index (χ1v) is 6.94. The zero-order valence-electron chi connectivity index (χ0n) is 13.0. The van der Waals surface area contributed by atoms with Crippen LogP contribution in [0.5, 0.6) is 0 Å². The average molecular weight is 524 g/mol. The van der Waals surface area contributed by atoms with E-state index >= 15 is 0 Å². The van der Waals surface area contributed by atoms with Crippen LogP contribution in [0.3, 0.4) is 0 Å². The standard InChI is InChI=1S/2C9H12.2ClH.2Pd/c2*1-2-6-9-7-4-3-5-8-9;;;;/h2*3-5,7-8H,2,6H2,1H3;2*1H;;/p-2. The fourth-order valence-electron chi connectivity index (χ4n) is 1.87. The van der Waals surface area contributed by atoms with E-state index in [1.807, 2.05) is 0 Å². The Morgan fingerprint density at radius 2 is 0.818 bits per heavy atom. The van der Waals surface area contributed by atoms with E-state index in [2.05, 4.69) is 74.5 Å². The van der Waals surface area contributed by atoms with Gasteiger partial charge in [0.25, 0.3) is 0 Å². The van der Waals surface area contributed by atoms with Crippen LogP contribution in [-0.4, -0.2) is 0 Å². The minimum atomic E-state index is 0. The van der Waals surface area contributed by atoms with Crippen molar-refractivity contribution in [3.63, 3.8) is 0 Å². The molecule has 0 N–H and O–H groups in total. The summed E-state index contributed by atoms with van der Waals surface area (Å²) in [6, 6.07) is 21.1. The van der Waals surface area contributed by atoms with Gasteiger partial charge in [0, 0.05) is 40.8 Å². The molecular formula is C18H24Cl2Pd2-2. The molecule has 2 aromatic carbocycles. The summed E-state index contributed by atoms with van der Waals surface area (Å²) in [5.74, 6) is 0. The summed E-state index contributed by atoms with van der Waals surface area (Å²) in [5.41, 5.74) is 2.89. The van der Waals surface area contributed by atoms with E-state index in [4.69, 9.17) is 0 Å². The third-order valence-corrected chi connectivity index (χ3v) is 2.76. The fraction of sp³-hybridized carbons (Fsp3) is 0.333. The molecule has 0 aliphatic heterocycles. The molecule has 0 aliphatic rings. The summed E-state index contributed by atoms with van der Waals surface area (Å²) < 4.78 is 0. The summed E-state index contributed by atoms with van der Waals surface area (Å²) >= 11 is 0. The van der Waals surface area contributed by atoms with Gasteiger partial charge in [-0.3, -0.25) is 0 Å². The van der Waals surface area contributed by atoms with Crippen LogP contribution in [0.15, 0.2) is 60.7 Å². The van der Waals surface area contributed by atoms with Gasteiger partial charge in [-0.2, -0.15) is 0 Å². The van der Waals surface area contributed by atoms with Crippen LogP contribution in [0.4, 0.5) is 0 Å². The molecule has 0 saturated carbocycles. The van der Waals surface area contributed by atoms with E-state index in [0.717, 1.165) is 0 Å². The largest absolute Gasteiger partial charge is 1.00 e. The summed E-state index contributed by atoms with van der Waals surface area (Å²) in [6.45, 7) is 4.40. The number of hydrogen-bond donors (Lipinski definition) is 0. The Morgan fingerprint density at radius 3 is 1.05 bits per heavy atom. The quantitative estimate of drug-likeness (QED) is 0.464. The molecule has 0 atom stereocenters. The van der Waals surface area contributed by atoms with E-state index in [1.54, 1.807) is 0 Å². The van der Waals surface area contributed by atoms with Crippen LogP contribution in [0.2, 0.25) is 0 Å². The Morgan fingerprint density at radius 1 is 0.545 bits per heavy atom. The van der Waals surface area contributed by atoms with Gasteiger partial charge in [0.05, 0.1) is 0 Å². The molecule has 0 unspecified atom stereocenters. The van der Waals surface area contributed by atoms with Gasteiger partial charge >= 0.3 is 0 Å². The van der Waals surface area contributed by atoms with Crippen LogP contribution in [0, 0.1) is 0 Å². The Hall–Kier alpha value is 0.345. The third-order valence-electron chi connectivity index (χ3n) is 2.76. The van der Waals surface area contributed by atoms with Gasteiger partial charge in [-0.15, -0.1) is 0 Å². The minimum absolute atomic E-state index is 0. The van der Waals surface area contributed by atoms with Crippen molar-refractivity contribution in [3.05, 3.63) is 71.8 Å². The van der Waals surface area contributed by atoms with E-state index in [9.17, 15) is 0 Å². The maximum Gasteiger partial charge on any atom is 0 e. The minimum Gasteiger partial charge on any atom is -1.00 e. The Bertz CT molecular complexity index is 366. The molecule has 0 radical (unpaired) electrons. The second-order valence-electron chi connectivity index (χ2n) is 4.47. The first-order chi connectivity index (χ1) is 8.86. The van der Waals surface area contributed by atoms with E-state index in [-0.39, 0.29) is 65.7 Å². The first-order valence-electron chi connectivity index (χ1n) is 6.94. The molecule has 0 amide bonds. The smallest absolute Gasteiger partial charge is 0 e. The molecular weight excluding hydrogens is 500 g/mol. The maximum absolute atomic E-state index is 2.20. The van der Waals surface area contributed by atoms with E-state index in [0.29, 0.717) is 0 Å². The molecule has 0 saturated heterocycles. The Labute approximate surface area is 176 Å². The van der Waals surface area contributed by atoms with Crippen molar-refractivity contribution in [1.82, 2.24) is 0 Å². The molecule has 0 heterocycles. The van der Waals surface area contributed by atoms with Crippen molar-refractivity contribution in [2.75, 3.05) is 0 Å². The van der Waals surface area contributed by atoms with Crippen LogP contribution >= 0.6 is 0 Å². The van der Waals surface area contributed by atoms with Crippen LogP contribution in [-0.2, 0) is 53.7 Å². The van der Waals surface area contributed by atoms with Gasteiger partial charge in [0.1, 0.15) is 0 Å². The monoisotopic (exact) mass is 522 g/mol. The van der Waals surface area contributed by atoms with Crippen molar-refractivity contribution in [1.29, 1.82) is 0 Å². The number of halogens is 2. The van der Waals surface area contributed by atoms with Gasteiger partial charge in [-0.1, -0.05) is 87.4 Å². The average Bonchev–Trinajstić information content (AvgIpc) is 2.43. The maximum atomic E-state index is 2.20. The number of rotatable bonds is 4.